The predicted molar refractivity (Wildman–Crippen MR) is 84.9 cm³/mol. The Kier molecular flexibility index (Phi) is 5.43. The van der Waals surface area contributed by atoms with Gasteiger partial charge in [-0.25, -0.2) is 0 Å². The Morgan fingerprint density at radius 3 is 2.95 bits per heavy atom. The van der Waals surface area contributed by atoms with Crippen molar-refractivity contribution in [2.75, 3.05) is 13.2 Å². The third-order valence-corrected chi connectivity index (χ3v) is 3.97. The van der Waals surface area contributed by atoms with E-state index in [2.05, 4.69) is 37.8 Å². The number of likely N-dealkylation sites (tertiary alicyclic amines) is 1. The average molecular weight is 287 g/mol. The van der Waals surface area contributed by atoms with Crippen LogP contribution in [0.15, 0.2) is 36.6 Å². The number of hydrogen-bond acceptors (Lipinski definition) is 2. The molecule has 1 aromatic carbocycles. The van der Waals surface area contributed by atoms with Crippen molar-refractivity contribution in [3.8, 4) is 0 Å². The van der Waals surface area contributed by atoms with Crippen LogP contribution in [0.5, 0.6) is 0 Å². The predicted octanol–water partition coefficient (Wildman–Crippen LogP) is 3.99. The van der Waals surface area contributed by atoms with Gasteiger partial charge in [-0.3, -0.25) is 4.79 Å². The average Bonchev–Trinajstić information content (AvgIpc) is 2.94. The normalized spacial score (nSPS) is 17.8. The number of benzene rings is 1. The van der Waals surface area contributed by atoms with Gasteiger partial charge in [0.1, 0.15) is 0 Å². The van der Waals surface area contributed by atoms with E-state index in [4.69, 9.17) is 4.74 Å². The molecule has 0 aromatic heterocycles. The van der Waals surface area contributed by atoms with Crippen LogP contribution in [0, 0.1) is 6.92 Å². The van der Waals surface area contributed by atoms with Crippen molar-refractivity contribution in [3.05, 3.63) is 47.7 Å². The van der Waals surface area contributed by atoms with Gasteiger partial charge in [0, 0.05) is 19.4 Å². The fraction of sp³-hybridized carbons (Fsp3) is 0.500. The van der Waals surface area contributed by atoms with Gasteiger partial charge in [0.15, 0.2) is 0 Å². The van der Waals surface area contributed by atoms with Gasteiger partial charge in [-0.05, 0) is 32.3 Å². The number of carbonyl (C=O) groups is 1. The summed E-state index contributed by atoms with van der Waals surface area (Å²) in [5.74, 6) is 0.914. The lowest BCUT2D eigenvalue weighted by atomic mass is 10.0. The Morgan fingerprint density at radius 2 is 2.24 bits per heavy atom. The number of carbonyl (C=O) groups excluding carboxylic acids is 1. The maximum atomic E-state index is 12.5. The van der Waals surface area contributed by atoms with Crippen LogP contribution < -0.4 is 0 Å². The molecule has 1 atom stereocenters. The van der Waals surface area contributed by atoms with Gasteiger partial charge in [0.25, 0.3) is 0 Å². The lowest BCUT2D eigenvalue weighted by Crippen LogP contribution is -2.30. The molecule has 1 amide bonds. The molecule has 2 rings (SSSR count). The van der Waals surface area contributed by atoms with Crippen molar-refractivity contribution in [2.45, 2.75) is 45.6 Å². The van der Waals surface area contributed by atoms with Crippen molar-refractivity contribution in [1.82, 2.24) is 4.90 Å². The van der Waals surface area contributed by atoms with E-state index in [0.717, 1.165) is 19.4 Å². The summed E-state index contributed by atoms with van der Waals surface area (Å²) >= 11 is 0. The third-order valence-electron chi connectivity index (χ3n) is 3.97. The standard InChI is InChI=1S/C18H25NO2/c1-4-21-15(3)10-11-18(20)19-12-6-9-17(19)16-8-5-7-14(2)13-16/h5,7-8,13,17H,3-4,6,9-12H2,1-2H3. The second-order valence-corrected chi connectivity index (χ2v) is 5.63. The lowest BCUT2D eigenvalue weighted by Gasteiger charge is -2.25. The summed E-state index contributed by atoms with van der Waals surface area (Å²) < 4.78 is 5.32. The quantitative estimate of drug-likeness (QED) is 0.740. The minimum Gasteiger partial charge on any atom is -0.499 e. The first kappa shape index (κ1) is 15.6. The molecular weight excluding hydrogens is 262 g/mol. The SMILES string of the molecule is C=C(CCC(=O)N1CCCC1c1cccc(C)c1)OCC. The van der Waals surface area contributed by atoms with Gasteiger partial charge < -0.3 is 9.64 Å². The fourth-order valence-electron chi connectivity index (χ4n) is 2.96. The van der Waals surface area contributed by atoms with E-state index in [1.807, 2.05) is 11.8 Å². The molecule has 0 radical (unpaired) electrons. The summed E-state index contributed by atoms with van der Waals surface area (Å²) in [5, 5.41) is 0. The minimum atomic E-state index is 0.208. The number of allylic oxidation sites excluding steroid dienone is 1. The maximum absolute atomic E-state index is 12.5. The molecule has 1 aliphatic heterocycles. The van der Waals surface area contributed by atoms with Crippen LogP contribution in [-0.4, -0.2) is 24.0 Å². The first-order valence-electron chi connectivity index (χ1n) is 7.78. The summed E-state index contributed by atoms with van der Waals surface area (Å²) in [6, 6.07) is 8.72. The maximum Gasteiger partial charge on any atom is 0.223 e. The lowest BCUT2D eigenvalue weighted by molar-refractivity contribution is -0.132. The number of ether oxygens (including phenoxy) is 1. The topological polar surface area (TPSA) is 29.5 Å². The molecular formula is C18H25NO2. The smallest absolute Gasteiger partial charge is 0.223 e. The van der Waals surface area contributed by atoms with Gasteiger partial charge in [-0.15, -0.1) is 0 Å². The molecule has 0 spiro atoms. The third kappa shape index (κ3) is 4.10. The number of nitrogens with zero attached hydrogens (tertiary/aromatic N) is 1. The fourth-order valence-corrected chi connectivity index (χ4v) is 2.96. The summed E-state index contributed by atoms with van der Waals surface area (Å²) in [5.41, 5.74) is 2.50. The molecule has 1 heterocycles. The van der Waals surface area contributed by atoms with E-state index in [1.165, 1.54) is 11.1 Å². The molecule has 3 heteroatoms. The zero-order valence-electron chi connectivity index (χ0n) is 13.1. The van der Waals surface area contributed by atoms with E-state index in [-0.39, 0.29) is 11.9 Å². The van der Waals surface area contributed by atoms with E-state index < -0.39 is 0 Å². The van der Waals surface area contributed by atoms with E-state index >= 15 is 0 Å². The highest BCUT2D eigenvalue weighted by Crippen LogP contribution is 2.33. The van der Waals surface area contributed by atoms with E-state index in [1.54, 1.807) is 0 Å². The van der Waals surface area contributed by atoms with E-state index in [9.17, 15) is 4.79 Å². The summed E-state index contributed by atoms with van der Waals surface area (Å²) in [7, 11) is 0. The van der Waals surface area contributed by atoms with Gasteiger partial charge in [-0.2, -0.15) is 0 Å². The van der Waals surface area contributed by atoms with Crippen LogP contribution in [0.4, 0.5) is 0 Å². The highest BCUT2D eigenvalue weighted by molar-refractivity contribution is 5.77. The second-order valence-electron chi connectivity index (χ2n) is 5.63. The van der Waals surface area contributed by atoms with Gasteiger partial charge in [0.2, 0.25) is 5.91 Å². The van der Waals surface area contributed by atoms with Crippen molar-refractivity contribution in [2.24, 2.45) is 0 Å². The number of amides is 1. The second kappa shape index (κ2) is 7.30. The Labute approximate surface area is 127 Å². The van der Waals surface area contributed by atoms with Crippen LogP contribution in [0.25, 0.3) is 0 Å². The molecule has 0 saturated carbocycles. The molecule has 1 unspecified atom stereocenters. The number of aryl methyl sites for hydroxylation is 1. The first-order chi connectivity index (χ1) is 10.1. The highest BCUT2D eigenvalue weighted by Gasteiger charge is 2.29. The molecule has 0 N–H and O–H groups in total. The van der Waals surface area contributed by atoms with Gasteiger partial charge >= 0.3 is 0 Å². The summed E-state index contributed by atoms with van der Waals surface area (Å²) in [6.45, 7) is 9.34. The zero-order valence-corrected chi connectivity index (χ0v) is 13.1. The van der Waals surface area contributed by atoms with Crippen molar-refractivity contribution >= 4 is 5.91 Å². The van der Waals surface area contributed by atoms with E-state index in [0.29, 0.717) is 25.2 Å². The van der Waals surface area contributed by atoms with Crippen molar-refractivity contribution in [1.29, 1.82) is 0 Å². The summed E-state index contributed by atoms with van der Waals surface area (Å²) in [6.07, 6.45) is 3.24. The van der Waals surface area contributed by atoms with Crippen LogP contribution in [-0.2, 0) is 9.53 Å². The molecule has 0 bridgehead atoms. The Hall–Kier alpha value is -1.77. The van der Waals surface area contributed by atoms with Crippen LogP contribution in [0.2, 0.25) is 0 Å². The van der Waals surface area contributed by atoms with Gasteiger partial charge in [-0.1, -0.05) is 36.4 Å². The molecule has 1 fully saturated rings. The minimum absolute atomic E-state index is 0.208. The Bertz CT molecular complexity index is 510. The first-order valence-corrected chi connectivity index (χ1v) is 7.78. The molecule has 21 heavy (non-hydrogen) atoms. The molecule has 0 aliphatic carbocycles. The summed E-state index contributed by atoms with van der Waals surface area (Å²) in [4.78, 5) is 14.5. The van der Waals surface area contributed by atoms with Crippen molar-refractivity contribution < 1.29 is 9.53 Å². The van der Waals surface area contributed by atoms with Crippen molar-refractivity contribution in [3.63, 3.8) is 0 Å². The molecule has 114 valence electrons. The monoisotopic (exact) mass is 287 g/mol. The molecule has 3 nitrogen and oxygen atoms in total. The Balaban J connectivity index is 1.98. The highest BCUT2D eigenvalue weighted by atomic mass is 16.5. The molecule has 1 saturated heterocycles. The molecule has 1 aliphatic rings. The largest absolute Gasteiger partial charge is 0.499 e. The van der Waals surface area contributed by atoms with Crippen LogP contribution in [0.1, 0.15) is 49.8 Å². The Morgan fingerprint density at radius 1 is 1.43 bits per heavy atom. The van der Waals surface area contributed by atoms with Crippen LogP contribution in [0.3, 0.4) is 0 Å². The number of rotatable bonds is 6. The van der Waals surface area contributed by atoms with Crippen LogP contribution >= 0.6 is 0 Å². The molecule has 1 aromatic rings. The zero-order chi connectivity index (χ0) is 15.2. The van der Waals surface area contributed by atoms with Gasteiger partial charge in [0.05, 0.1) is 18.4 Å². The number of hydrogen-bond donors (Lipinski definition) is 0.